The van der Waals surface area contributed by atoms with Crippen molar-refractivity contribution < 1.29 is 9.53 Å². The van der Waals surface area contributed by atoms with E-state index in [-0.39, 0.29) is 5.91 Å². The molecular formula is C26H28N4O2S. The molecule has 6 nitrogen and oxygen atoms in total. The molecule has 0 saturated carbocycles. The Bertz CT molecular complexity index is 1180. The molecule has 3 aliphatic rings. The molecule has 2 saturated heterocycles. The molecule has 3 aromatic rings. The van der Waals surface area contributed by atoms with E-state index in [1.807, 2.05) is 9.58 Å². The van der Waals surface area contributed by atoms with Crippen LogP contribution < -0.4 is 0 Å². The van der Waals surface area contributed by atoms with Gasteiger partial charge < -0.3 is 9.64 Å². The van der Waals surface area contributed by atoms with Crippen LogP contribution in [0, 0.1) is 0 Å². The number of rotatable bonds is 4. The Balaban J connectivity index is 1.44. The number of amides is 1. The molecule has 0 unspecified atom stereocenters. The number of thioether (sulfide) groups is 1. The van der Waals surface area contributed by atoms with Crippen LogP contribution in [0.2, 0.25) is 0 Å². The fraction of sp³-hybridized carbons (Fsp3) is 0.385. The lowest BCUT2D eigenvalue weighted by molar-refractivity contribution is 0.0298. The number of nitrogens with zero attached hydrogens (tertiary/aromatic N) is 4. The summed E-state index contributed by atoms with van der Waals surface area (Å²) in [6, 6.07) is 17.1. The first-order valence-corrected chi connectivity index (χ1v) is 12.8. The van der Waals surface area contributed by atoms with Crippen LogP contribution >= 0.6 is 11.8 Å². The Labute approximate surface area is 198 Å². The second-order valence-electron chi connectivity index (χ2n) is 8.93. The SMILES string of the molecule is O=C(c1nn(-c2cccc(CN3CCCC3)c2)c2c1CSc1ccccc1-2)N1CCOCC1. The van der Waals surface area contributed by atoms with Crippen molar-refractivity contribution in [2.45, 2.75) is 30.0 Å². The third-order valence-electron chi connectivity index (χ3n) is 6.76. The van der Waals surface area contributed by atoms with Gasteiger partial charge in [0.15, 0.2) is 5.69 Å². The molecule has 0 atom stereocenters. The second-order valence-corrected chi connectivity index (χ2v) is 9.95. The summed E-state index contributed by atoms with van der Waals surface area (Å²) in [5, 5.41) is 4.97. The van der Waals surface area contributed by atoms with Crippen molar-refractivity contribution in [2.75, 3.05) is 39.4 Å². The first-order chi connectivity index (χ1) is 16.3. The summed E-state index contributed by atoms with van der Waals surface area (Å²) in [5.41, 5.74) is 6.14. The summed E-state index contributed by atoms with van der Waals surface area (Å²) < 4.78 is 7.47. The highest BCUT2D eigenvalue weighted by Gasteiger charge is 2.32. The van der Waals surface area contributed by atoms with Gasteiger partial charge in [-0.3, -0.25) is 9.69 Å². The van der Waals surface area contributed by atoms with Gasteiger partial charge >= 0.3 is 0 Å². The highest BCUT2D eigenvalue weighted by molar-refractivity contribution is 7.98. The minimum atomic E-state index is 0.0153. The number of benzene rings is 2. The molecular weight excluding hydrogens is 432 g/mol. The zero-order valence-corrected chi connectivity index (χ0v) is 19.5. The molecule has 0 aliphatic carbocycles. The van der Waals surface area contributed by atoms with Crippen molar-refractivity contribution in [3.63, 3.8) is 0 Å². The highest BCUT2D eigenvalue weighted by Crippen LogP contribution is 2.43. The number of aromatic nitrogens is 2. The average molecular weight is 461 g/mol. The zero-order valence-electron chi connectivity index (χ0n) is 18.7. The molecule has 2 fully saturated rings. The Hall–Kier alpha value is -2.61. The first kappa shape index (κ1) is 21.0. The fourth-order valence-corrected chi connectivity index (χ4v) is 6.13. The standard InChI is InChI=1S/C26H28N4O2S/c31-26(29-12-14-32-15-13-29)24-22-18-33-23-9-2-1-8-21(23)25(22)30(27-24)20-7-5-6-19(16-20)17-28-10-3-4-11-28/h1-2,5-9,16H,3-4,10-15,17-18H2. The highest BCUT2D eigenvalue weighted by atomic mass is 32.2. The summed E-state index contributed by atoms with van der Waals surface area (Å²) in [4.78, 5) is 19.1. The quantitative estimate of drug-likeness (QED) is 0.584. The normalized spacial score (nSPS) is 18.2. The van der Waals surface area contributed by atoms with Gasteiger partial charge in [0.2, 0.25) is 0 Å². The van der Waals surface area contributed by atoms with E-state index in [0.29, 0.717) is 32.0 Å². The number of likely N-dealkylation sites (tertiary alicyclic amines) is 1. The molecule has 0 radical (unpaired) electrons. The molecule has 7 heteroatoms. The van der Waals surface area contributed by atoms with Crippen molar-refractivity contribution >= 4 is 17.7 Å². The summed E-state index contributed by atoms with van der Waals surface area (Å²) in [7, 11) is 0. The third kappa shape index (κ3) is 3.98. The Morgan fingerprint density at radius 2 is 1.82 bits per heavy atom. The van der Waals surface area contributed by atoms with Crippen LogP contribution in [0.15, 0.2) is 53.4 Å². The van der Waals surface area contributed by atoms with Gasteiger partial charge in [-0.15, -0.1) is 11.8 Å². The molecule has 1 amide bonds. The van der Waals surface area contributed by atoms with Gasteiger partial charge in [-0.05, 0) is 49.7 Å². The van der Waals surface area contributed by atoms with Crippen LogP contribution in [0.3, 0.4) is 0 Å². The van der Waals surface area contributed by atoms with Crippen LogP contribution in [0.5, 0.6) is 0 Å². The number of morpholine rings is 1. The van der Waals surface area contributed by atoms with Crippen molar-refractivity contribution in [3.8, 4) is 16.9 Å². The van der Waals surface area contributed by atoms with E-state index < -0.39 is 0 Å². The lowest BCUT2D eigenvalue weighted by Crippen LogP contribution is -2.41. The smallest absolute Gasteiger partial charge is 0.274 e. The van der Waals surface area contributed by atoms with E-state index in [1.54, 1.807) is 11.8 Å². The minimum absolute atomic E-state index is 0.0153. The average Bonchev–Trinajstić information content (AvgIpc) is 3.52. The number of hydrogen-bond acceptors (Lipinski definition) is 5. The van der Waals surface area contributed by atoms with E-state index in [4.69, 9.17) is 9.84 Å². The fourth-order valence-electron chi connectivity index (χ4n) is 5.06. The maximum atomic E-state index is 13.5. The van der Waals surface area contributed by atoms with Gasteiger partial charge in [-0.1, -0.05) is 30.3 Å². The number of carbonyl (C=O) groups is 1. The van der Waals surface area contributed by atoms with Crippen LogP contribution in [-0.4, -0.2) is 64.9 Å². The topological polar surface area (TPSA) is 50.6 Å². The zero-order chi connectivity index (χ0) is 22.2. The van der Waals surface area contributed by atoms with Gasteiger partial charge in [-0.25, -0.2) is 4.68 Å². The molecule has 0 spiro atoms. The monoisotopic (exact) mass is 460 g/mol. The van der Waals surface area contributed by atoms with Crippen LogP contribution in [0.1, 0.15) is 34.5 Å². The van der Waals surface area contributed by atoms with Gasteiger partial charge in [0.1, 0.15) is 0 Å². The molecule has 4 heterocycles. The van der Waals surface area contributed by atoms with Gasteiger partial charge in [0.25, 0.3) is 5.91 Å². The van der Waals surface area contributed by atoms with Crippen molar-refractivity contribution in [1.29, 1.82) is 0 Å². The molecule has 33 heavy (non-hydrogen) atoms. The first-order valence-electron chi connectivity index (χ1n) is 11.8. The Kier molecular flexibility index (Phi) is 5.70. The third-order valence-corrected chi connectivity index (χ3v) is 7.86. The summed E-state index contributed by atoms with van der Waals surface area (Å²) in [6.45, 7) is 5.72. The predicted octanol–water partition coefficient (Wildman–Crippen LogP) is 4.21. The lowest BCUT2D eigenvalue weighted by atomic mass is 10.0. The van der Waals surface area contributed by atoms with Crippen molar-refractivity contribution in [3.05, 3.63) is 65.4 Å². The van der Waals surface area contributed by atoms with Crippen LogP contribution in [-0.2, 0) is 17.0 Å². The van der Waals surface area contributed by atoms with Crippen molar-refractivity contribution in [1.82, 2.24) is 19.6 Å². The largest absolute Gasteiger partial charge is 0.378 e. The number of hydrogen-bond donors (Lipinski definition) is 0. The summed E-state index contributed by atoms with van der Waals surface area (Å²) in [5.74, 6) is 0.770. The molecule has 0 N–H and O–H groups in total. The summed E-state index contributed by atoms with van der Waals surface area (Å²) in [6.07, 6.45) is 2.57. The van der Waals surface area contributed by atoms with Crippen molar-refractivity contribution in [2.24, 2.45) is 0 Å². The van der Waals surface area contributed by atoms with Crippen LogP contribution in [0.4, 0.5) is 0 Å². The molecule has 6 rings (SSSR count). The predicted molar refractivity (Wildman–Crippen MR) is 130 cm³/mol. The molecule has 0 bridgehead atoms. The molecule has 3 aliphatic heterocycles. The minimum Gasteiger partial charge on any atom is -0.378 e. The Morgan fingerprint density at radius 3 is 2.67 bits per heavy atom. The molecule has 1 aromatic heterocycles. The lowest BCUT2D eigenvalue weighted by Gasteiger charge is -2.26. The summed E-state index contributed by atoms with van der Waals surface area (Å²) >= 11 is 1.79. The molecule has 170 valence electrons. The maximum absolute atomic E-state index is 13.5. The van der Waals surface area contributed by atoms with E-state index in [2.05, 4.69) is 53.4 Å². The van der Waals surface area contributed by atoms with E-state index in [0.717, 1.165) is 34.8 Å². The van der Waals surface area contributed by atoms with Gasteiger partial charge in [0.05, 0.1) is 24.6 Å². The molecule has 2 aromatic carbocycles. The van der Waals surface area contributed by atoms with Gasteiger partial charge in [0, 0.05) is 41.4 Å². The number of fused-ring (bicyclic) bond motifs is 3. The van der Waals surface area contributed by atoms with Gasteiger partial charge in [-0.2, -0.15) is 5.10 Å². The van der Waals surface area contributed by atoms with E-state index in [1.165, 1.54) is 36.4 Å². The number of carbonyl (C=O) groups excluding carboxylic acids is 1. The van der Waals surface area contributed by atoms with E-state index >= 15 is 0 Å². The van der Waals surface area contributed by atoms with E-state index in [9.17, 15) is 4.79 Å². The van der Waals surface area contributed by atoms with Crippen LogP contribution in [0.25, 0.3) is 16.9 Å². The Morgan fingerprint density at radius 1 is 1.00 bits per heavy atom. The maximum Gasteiger partial charge on any atom is 0.274 e. The second kappa shape index (κ2) is 8.97. The number of ether oxygens (including phenoxy) is 1.